The van der Waals surface area contributed by atoms with Gasteiger partial charge in [0, 0.05) is 48.2 Å². The van der Waals surface area contributed by atoms with Gasteiger partial charge < -0.3 is 5.32 Å². The van der Waals surface area contributed by atoms with E-state index < -0.39 is 0 Å². The molecule has 2 heterocycles. The second-order valence-corrected chi connectivity index (χ2v) is 7.17. The molecule has 1 aromatic rings. The average molecular weight is 272 g/mol. The van der Waals surface area contributed by atoms with E-state index in [0.29, 0.717) is 10.5 Å². The molecule has 2 rings (SSSR count). The summed E-state index contributed by atoms with van der Waals surface area (Å²) in [5, 5.41) is 10.1. The minimum absolute atomic E-state index is 0.716. The van der Waals surface area contributed by atoms with E-state index in [9.17, 15) is 0 Å². The predicted octanol–water partition coefficient (Wildman–Crippen LogP) is 2.30. The van der Waals surface area contributed by atoms with Crippen molar-refractivity contribution in [3.63, 3.8) is 0 Å². The third kappa shape index (κ3) is 3.56. The Bertz CT molecular complexity index is 345. The van der Waals surface area contributed by atoms with Crippen molar-refractivity contribution in [3.8, 4) is 0 Å². The number of hydrogen-bond acceptors (Lipinski definition) is 6. The van der Waals surface area contributed by atoms with Crippen molar-refractivity contribution >= 4 is 28.3 Å². The first-order chi connectivity index (χ1) is 8.19. The Labute approximate surface area is 111 Å². The average Bonchev–Trinajstić information content (AvgIpc) is 2.65. The molecule has 0 aromatic carbocycles. The Morgan fingerprint density at radius 2 is 2.06 bits per heavy atom. The second kappa shape index (κ2) is 6.02. The molecule has 0 radical (unpaired) electrons. The zero-order valence-electron chi connectivity index (χ0n) is 10.6. The number of nitrogens with zero attached hydrogens (tertiary/aromatic N) is 3. The van der Waals surface area contributed by atoms with Crippen LogP contribution in [0.4, 0.5) is 5.00 Å². The maximum Gasteiger partial charge on any atom is 0.134 e. The van der Waals surface area contributed by atoms with Crippen LogP contribution in [0.25, 0.3) is 0 Å². The van der Waals surface area contributed by atoms with Gasteiger partial charge in [0.05, 0.1) is 0 Å². The molecule has 1 saturated heterocycles. The first-order valence-corrected chi connectivity index (χ1v) is 7.83. The molecule has 0 aliphatic carbocycles. The van der Waals surface area contributed by atoms with Crippen molar-refractivity contribution in [2.24, 2.45) is 0 Å². The molecule has 0 spiro atoms. The van der Waals surface area contributed by atoms with E-state index in [-0.39, 0.29) is 0 Å². The van der Waals surface area contributed by atoms with Crippen LogP contribution < -0.4 is 5.32 Å². The van der Waals surface area contributed by atoms with Crippen LogP contribution in [0.15, 0.2) is 0 Å². The van der Waals surface area contributed by atoms with Crippen molar-refractivity contribution < 1.29 is 0 Å². The molecule has 2 atom stereocenters. The molecule has 1 fully saturated rings. The third-order valence-electron chi connectivity index (χ3n) is 2.76. The fourth-order valence-electron chi connectivity index (χ4n) is 2.23. The first kappa shape index (κ1) is 13.1. The van der Waals surface area contributed by atoms with Crippen molar-refractivity contribution in [3.05, 3.63) is 5.69 Å². The van der Waals surface area contributed by atoms with Gasteiger partial charge in [-0.3, -0.25) is 4.90 Å². The fraction of sp³-hybridized carbons (Fsp3) is 0.818. The largest absolute Gasteiger partial charge is 0.374 e. The van der Waals surface area contributed by atoms with Gasteiger partial charge in [0.25, 0.3) is 0 Å². The quantitative estimate of drug-likeness (QED) is 0.911. The zero-order valence-corrected chi connectivity index (χ0v) is 12.3. The van der Waals surface area contributed by atoms with Crippen LogP contribution >= 0.6 is 23.3 Å². The molecule has 17 heavy (non-hydrogen) atoms. The molecule has 1 aliphatic rings. The maximum absolute atomic E-state index is 4.24. The van der Waals surface area contributed by atoms with Gasteiger partial charge in [-0.15, -0.1) is 5.10 Å². The number of thioether (sulfide) groups is 1. The van der Waals surface area contributed by atoms with E-state index in [4.69, 9.17) is 0 Å². The summed E-state index contributed by atoms with van der Waals surface area (Å²) in [4.78, 5) is 2.49. The van der Waals surface area contributed by atoms with Gasteiger partial charge in [-0.2, -0.15) is 11.8 Å². The van der Waals surface area contributed by atoms with E-state index >= 15 is 0 Å². The summed E-state index contributed by atoms with van der Waals surface area (Å²) in [7, 11) is 0. The summed E-state index contributed by atoms with van der Waals surface area (Å²) in [6.07, 6.45) is 0. The molecule has 1 N–H and O–H groups in total. The van der Waals surface area contributed by atoms with Gasteiger partial charge in [0.15, 0.2) is 0 Å². The van der Waals surface area contributed by atoms with E-state index in [1.54, 1.807) is 0 Å². The van der Waals surface area contributed by atoms with Gasteiger partial charge in [-0.1, -0.05) is 18.3 Å². The summed E-state index contributed by atoms with van der Waals surface area (Å²) in [6.45, 7) is 10.9. The Hall–Kier alpha value is -0.330. The normalized spacial score (nSPS) is 26.1. The molecule has 1 aromatic heterocycles. The summed E-state index contributed by atoms with van der Waals surface area (Å²) in [6, 6.07) is 0. The highest BCUT2D eigenvalue weighted by Gasteiger charge is 2.23. The lowest BCUT2D eigenvalue weighted by molar-refractivity contribution is 0.260. The van der Waals surface area contributed by atoms with Crippen LogP contribution in [0.2, 0.25) is 0 Å². The summed E-state index contributed by atoms with van der Waals surface area (Å²) >= 11 is 3.54. The van der Waals surface area contributed by atoms with Gasteiger partial charge in [-0.25, -0.2) is 0 Å². The van der Waals surface area contributed by atoms with Crippen LogP contribution in [0.1, 0.15) is 26.5 Å². The number of aromatic nitrogens is 2. The van der Waals surface area contributed by atoms with Crippen LogP contribution in [0.3, 0.4) is 0 Å². The van der Waals surface area contributed by atoms with Crippen LogP contribution in [0, 0.1) is 0 Å². The number of rotatable bonds is 4. The molecule has 4 nitrogen and oxygen atoms in total. The molecular weight excluding hydrogens is 252 g/mol. The van der Waals surface area contributed by atoms with Crippen molar-refractivity contribution in [2.75, 3.05) is 25.0 Å². The summed E-state index contributed by atoms with van der Waals surface area (Å²) < 4.78 is 4.04. The molecule has 0 bridgehead atoms. The third-order valence-corrected chi connectivity index (χ3v) is 4.71. The monoisotopic (exact) mass is 272 g/mol. The van der Waals surface area contributed by atoms with E-state index in [2.05, 4.69) is 52.3 Å². The molecule has 1 aliphatic heterocycles. The van der Waals surface area contributed by atoms with Gasteiger partial charge in [0.2, 0.25) is 0 Å². The number of hydrogen-bond donors (Lipinski definition) is 1. The standard InChI is InChI=1S/C11H20N4S2/c1-4-12-11-10(13-14-17-11)7-15-5-8(2)16-9(3)6-15/h8-9,12H,4-7H2,1-3H3. The number of nitrogens with one attached hydrogen (secondary N) is 1. The Kier molecular flexibility index (Phi) is 4.64. The SMILES string of the molecule is CCNc1snnc1CN1CC(C)SC(C)C1. The van der Waals surface area contributed by atoms with Crippen molar-refractivity contribution in [2.45, 2.75) is 37.8 Å². The smallest absolute Gasteiger partial charge is 0.134 e. The molecule has 2 unspecified atom stereocenters. The molecule has 0 amide bonds. The molecular formula is C11H20N4S2. The maximum atomic E-state index is 4.24. The van der Waals surface area contributed by atoms with Crippen LogP contribution in [-0.4, -0.2) is 44.6 Å². The minimum Gasteiger partial charge on any atom is -0.374 e. The van der Waals surface area contributed by atoms with Crippen molar-refractivity contribution in [1.82, 2.24) is 14.5 Å². The Morgan fingerprint density at radius 3 is 2.71 bits per heavy atom. The van der Waals surface area contributed by atoms with Crippen LogP contribution in [0.5, 0.6) is 0 Å². The van der Waals surface area contributed by atoms with Crippen molar-refractivity contribution in [1.29, 1.82) is 0 Å². The molecule has 0 saturated carbocycles. The Balaban J connectivity index is 1.97. The lowest BCUT2D eigenvalue weighted by Crippen LogP contribution is -2.39. The number of anilines is 1. The van der Waals surface area contributed by atoms with E-state index in [0.717, 1.165) is 36.9 Å². The second-order valence-electron chi connectivity index (χ2n) is 4.53. The zero-order chi connectivity index (χ0) is 12.3. The Morgan fingerprint density at radius 1 is 1.35 bits per heavy atom. The van der Waals surface area contributed by atoms with E-state index in [1.165, 1.54) is 11.5 Å². The lowest BCUT2D eigenvalue weighted by atomic mass is 10.3. The lowest BCUT2D eigenvalue weighted by Gasteiger charge is -2.34. The summed E-state index contributed by atoms with van der Waals surface area (Å²) in [5.74, 6) is 0. The summed E-state index contributed by atoms with van der Waals surface area (Å²) in [5.41, 5.74) is 1.10. The fourth-order valence-corrected chi connectivity index (χ4v) is 4.26. The predicted molar refractivity (Wildman–Crippen MR) is 75.9 cm³/mol. The van der Waals surface area contributed by atoms with Gasteiger partial charge in [-0.05, 0) is 6.92 Å². The topological polar surface area (TPSA) is 41.1 Å². The van der Waals surface area contributed by atoms with Crippen LogP contribution in [-0.2, 0) is 6.54 Å². The van der Waals surface area contributed by atoms with Gasteiger partial charge in [0.1, 0.15) is 10.7 Å². The molecule has 6 heteroatoms. The molecule has 96 valence electrons. The highest BCUT2D eigenvalue weighted by molar-refractivity contribution is 8.00. The highest BCUT2D eigenvalue weighted by Crippen LogP contribution is 2.27. The highest BCUT2D eigenvalue weighted by atomic mass is 32.2. The van der Waals surface area contributed by atoms with Gasteiger partial charge >= 0.3 is 0 Å². The first-order valence-electron chi connectivity index (χ1n) is 6.12. The van der Waals surface area contributed by atoms with E-state index in [1.807, 2.05) is 0 Å². The minimum atomic E-state index is 0.716.